The lowest BCUT2D eigenvalue weighted by Gasteiger charge is -2.21. The largest absolute Gasteiger partial charge is 0.435 e. The van der Waals surface area contributed by atoms with E-state index in [0.717, 1.165) is 16.3 Å². The number of nitrogens with one attached hydrogen (secondary N) is 1. The topological polar surface area (TPSA) is 42.7 Å². The highest BCUT2D eigenvalue weighted by molar-refractivity contribution is 5.33. The van der Waals surface area contributed by atoms with E-state index in [1.165, 1.54) is 12.4 Å². The van der Waals surface area contributed by atoms with Crippen molar-refractivity contribution in [3.63, 3.8) is 0 Å². The highest BCUT2D eigenvalue weighted by Crippen LogP contribution is 2.28. The van der Waals surface area contributed by atoms with Gasteiger partial charge in [0.25, 0.3) is 0 Å². The average Bonchev–Trinajstić information content (AvgIpc) is 2.85. The Morgan fingerprint density at radius 1 is 1.19 bits per heavy atom. The molecule has 0 aromatic carbocycles. The van der Waals surface area contributed by atoms with Gasteiger partial charge in [0, 0.05) is 30.0 Å². The highest BCUT2D eigenvalue weighted by atomic mass is 19.4. The van der Waals surface area contributed by atoms with Crippen LogP contribution in [0.25, 0.3) is 5.82 Å². The zero-order chi connectivity index (χ0) is 15.7. The van der Waals surface area contributed by atoms with Crippen molar-refractivity contribution >= 4 is 0 Å². The molecule has 21 heavy (non-hydrogen) atoms. The number of hydrogen-bond donors (Lipinski definition) is 1. The van der Waals surface area contributed by atoms with Crippen LogP contribution in [0.2, 0.25) is 0 Å². The average molecular weight is 298 g/mol. The van der Waals surface area contributed by atoms with E-state index in [4.69, 9.17) is 0 Å². The van der Waals surface area contributed by atoms with E-state index in [-0.39, 0.29) is 5.54 Å². The minimum Gasteiger partial charge on any atom is -0.308 e. The summed E-state index contributed by atoms with van der Waals surface area (Å²) < 4.78 is 39.0. The Bertz CT molecular complexity index is 611. The van der Waals surface area contributed by atoms with E-state index < -0.39 is 11.9 Å². The lowest BCUT2D eigenvalue weighted by atomic mass is 10.1. The third-order valence-corrected chi connectivity index (χ3v) is 2.77. The molecule has 7 heteroatoms. The summed E-state index contributed by atoms with van der Waals surface area (Å²) in [4.78, 5) is 4.14. The predicted molar refractivity (Wildman–Crippen MR) is 73.0 cm³/mol. The molecule has 0 saturated carbocycles. The number of rotatable bonds is 3. The summed E-state index contributed by atoms with van der Waals surface area (Å²) in [5.41, 5.74) is -0.249. The van der Waals surface area contributed by atoms with Crippen molar-refractivity contribution in [3.05, 3.63) is 41.9 Å². The molecule has 0 radical (unpaired) electrons. The first-order chi connectivity index (χ1) is 9.67. The van der Waals surface area contributed by atoms with Crippen LogP contribution in [0.5, 0.6) is 0 Å². The molecule has 2 rings (SSSR count). The Labute approximate surface area is 121 Å². The third kappa shape index (κ3) is 4.04. The zero-order valence-electron chi connectivity index (χ0n) is 12.1. The van der Waals surface area contributed by atoms with Crippen molar-refractivity contribution in [2.75, 3.05) is 0 Å². The molecule has 0 aliphatic rings. The van der Waals surface area contributed by atoms with Crippen LogP contribution in [0.3, 0.4) is 0 Å². The van der Waals surface area contributed by atoms with Gasteiger partial charge in [-0.3, -0.25) is 0 Å². The molecular weight excluding hydrogens is 281 g/mol. The molecule has 0 aliphatic heterocycles. The van der Waals surface area contributed by atoms with Gasteiger partial charge in [0.15, 0.2) is 11.5 Å². The van der Waals surface area contributed by atoms with Crippen LogP contribution in [-0.2, 0) is 12.7 Å². The molecule has 0 atom stereocenters. The first-order valence-corrected chi connectivity index (χ1v) is 6.49. The van der Waals surface area contributed by atoms with Gasteiger partial charge >= 0.3 is 6.18 Å². The number of hydrogen-bond acceptors (Lipinski definition) is 3. The zero-order valence-corrected chi connectivity index (χ0v) is 12.1. The van der Waals surface area contributed by atoms with Crippen molar-refractivity contribution in [3.8, 4) is 5.82 Å². The number of aromatic nitrogens is 3. The van der Waals surface area contributed by atoms with Crippen molar-refractivity contribution in [1.82, 2.24) is 20.1 Å². The molecule has 114 valence electrons. The van der Waals surface area contributed by atoms with E-state index >= 15 is 0 Å². The van der Waals surface area contributed by atoms with Crippen LogP contribution < -0.4 is 5.32 Å². The lowest BCUT2D eigenvalue weighted by molar-refractivity contribution is -0.141. The fourth-order valence-electron chi connectivity index (χ4n) is 1.73. The number of halogens is 3. The molecule has 0 bridgehead atoms. The minimum absolute atomic E-state index is 0.103. The van der Waals surface area contributed by atoms with Gasteiger partial charge in [0.1, 0.15) is 0 Å². The molecule has 2 aromatic heterocycles. The summed E-state index contributed by atoms with van der Waals surface area (Å²) in [6.45, 7) is 6.53. The SMILES string of the molecule is CC(C)(C)NCc1cccnc1-n1ccc(C(F)(F)F)n1. The van der Waals surface area contributed by atoms with Crippen molar-refractivity contribution < 1.29 is 13.2 Å². The Hall–Kier alpha value is -1.89. The summed E-state index contributed by atoms with van der Waals surface area (Å²) in [5, 5.41) is 6.84. The number of pyridine rings is 1. The van der Waals surface area contributed by atoms with Crippen LogP contribution in [0.1, 0.15) is 32.0 Å². The Morgan fingerprint density at radius 2 is 1.90 bits per heavy atom. The second-order valence-corrected chi connectivity index (χ2v) is 5.73. The third-order valence-electron chi connectivity index (χ3n) is 2.77. The summed E-state index contributed by atoms with van der Waals surface area (Å²) in [6, 6.07) is 4.50. The fraction of sp³-hybridized carbons (Fsp3) is 0.429. The summed E-state index contributed by atoms with van der Waals surface area (Å²) in [5.74, 6) is 0.393. The molecule has 2 heterocycles. The number of nitrogens with zero attached hydrogens (tertiary/aromatic N) is 3. The molecule has 0 unspecified atom stereocenters. The quantitative estimate of drug-likeness (QED) is 0.946. The normalized spacial score (nSPS) is 12.7. The van der Waals surface area contributed by atoms with E-state index in [0.29, 0.717) is 12.4 Å². The Morgan fingerprint density at radius 3 is 2.48 bits per heavy atom. The van der Waals surface area contributed by atoms with Crippen LogP contribution in [-0.4, -0.2) is 20.3 Å². The maximum Gasteiger partial charge on any atom is 0.435 e. The maximum absolute atomic E-state index is 12.6. The van der Waals surface area contributed by atoms with E-state index in [9.17, 15) is 13.2 Å². The summed E-state index contributed by atoms with van der Waals surface area (Å²) >= 11 is 0. The molecule has 0 fully saturated rings. The van der Waals surface area contributed by atoms with Crippen molar-refractivity contribution in [2.45, 2.75) is 39.0 Å². The highest BCUT2D eigenvalue weighted by Gasteiger charge is 2.33. The van der Waals surface area contributed by atoms with Gasteiger partial charge in [-0.2, -0.15) is 18.3 Å². The van der Waals surface area contributed by atoms with Crippen LogP contribution in [0.15, 0.2) is 30.6 Å². The smallest absolute Gasteiger partial charge is 0.308 e. The van der Waals surface area contributed by atoms with Crippen molar-refractivity contribution in [1.29, 1.82) is 0 Å². The van der Waals surface area contributed by atoms with Gasteiger partial charge in [-0.1, -0.05) is 6.07 Å². The van der Waals surface area contributed by atoms with Crippen LogP contribution in [0.4, 0.5) is 13.2 Å². The second-order valence-electron chi connectivity index (χ2n) is 5.73. The Kier molecular flexibility index (Phi) is 4.04. The van der Waals surface area contributed by atoms with Crippen LogP contribution in [0, 0.1) is 0 Å². The van der Waals surface area contributed by atoms with Crippen molar-refractivity contribution in [2.24, 2.45) is 0 Å². The van der Waals surface area contributed by atoms with E-state index in [1.807, 2.05) is 26.8 Å². The molecule has 0 saturated heterocycles. The fourth-order valence-corrected chi connectivity index (χ4v) is 1.73. The summed E-state index contributed by atoms with van der Waals surface area (Å²) in [6.07, 6.45) is -1.65. The lowest BCUT2D eigenvalue weighted by Crippen LogP contribution is -2.35. The van der Waals surface area contributed by atoms with E-state index in [1.54, 1.807) is 6.07 Å². The Balaban J connectivity index is 2.30. The second kappa shape index (κ2) is 5.48. The standard InChI is InChI=1S/C14H17F3N4/c1-13(2,3)19-9-10-5-4-7-18-12(10)21-8-6-11(20-21)14(15,16)17/h4-8,19H,9H2,1-3H3. The van der Waals surface area contributed by atoms with Gasteiger partial charge in [0.05, 0.1) is 0 Å². The maximum atomic E-state index is 12.6. The molecule has 0 amide bonds. The van der Waals surface area contributed by atoms with Gasteiger partial charge < -0.3 is 5.32 Å². The van der Waals surface area contributed by atoms with Gasteiger partial charge in [-0.15, -0.1) is 0 Å². The molecule has 0 aliphatic carbocycles. The summed E-state index contributed by atoms with van der Waals surface area (Å²) in [7, 11) is 0. The van der Waals surface area contributed by atoms with Crippen LogP contribution >= 0.6 is 0 Å². The number of alkyl halides is 3. The van der Waals surface area contributed by atoms with Gasteiger partial charge in [-0.25, -0.2) is 9.67 Å². The minimum atomic E-state index is -4.45. The molecule has 1 N–H and O–H groups in total. The monoisotopic (exact) mass is 298 g/mol. The molecular formula is C14H17F3N4. The first kappa shape index (κ1) is 15.5. The molecule has 4 nitrogen and oxygen atoms in total. The van der Waals surface area contributed by atoms with E-state index in [2.05, 4.69) is 15.4 Å². The first-order valence-electron chi connectivity index (χ1n) is 6.49. The van der Waals surface area contributed by atoms with Gasteiger partial charge in [-0.05, 0) is 32.9 Å². The van der Waals surface area contributed by atoms with Gasteiger partial charge in [0.2, 0.25) is 0 Å². The molecule has 2 aromatic rings. The molecule has 0 spiro atoms. The predicted octanol–water partition coefficient (Wildman–Crippen LogP) is 3.17.